The Morgan fingerprint density at radius 2 is 2.00 bits per heavy atom. The summed E-state index contributed by atoms with van der Waals surface area (Å²) in [6.45, 7) is 8.39. The minimum atomic E-state index is 0.339. The van der Waals surface area contributed by atoms with Gasteiger partial charge in [0.25, 0.3) is 0 Å². The van der Waals surface area contributed by atoms with Crippen LogP contribution in [-0.2, 0) is 4.79 Å². The maximum Gasteiger partial charge on any atom is 0.222 e. The second-order valence-corrected chi connectivity index (χ2v) is 8.83. The Labute approximate surface area is 168 Å². The summed E-state index contributed by atoms with van der Waals surface area (Å²) >= 11 is 0. The smallest absolute Gasteiger partial charge is 0.222 e. The van der Waals surface area contributed by atoms with E-state index in [9.17, 15) is 4.79 Å². The maximum absolute atomic E-state index is 12.9. The SMILES string of the molecule is CC(C)n1c(C2CCCN(C(=O)CCC3CCNCC3)C2)nc2ccccc21. The molecule has 1 amide bonds. The Balaban J connectivity index is 1.45. The average molecular weight is 383 g/mol. The summed E-state index contributed by atoms with van der Waals surface area (Å²) in [5.74, 6) is 2.56. The molecule has 2 aliphatic rings. The number of imidazole rings is 1. The van der Waals surface area contributed by atoms with Crippen molar-refractivity contribution in [2.75, 3.05) is 26.2 Å². The van der Waals surface area contributed by atoms with Crippen LogP contribution in [0.2, 0.25) is 0 Å². The fraction of sp³-hybridized carbons (Fsp3) is 0.652. The first-order chi connectivity index (χ1) is 13.6. The molecular formula is C23H34N4O. The van der Waals surface area contributed by atoms with Gasteiger partial charge in [-0.1, -0.05) is 12.1 Å². The van der Waals surface area contributed by atoms with Gasteiger partial charge in [-0.15, -0.1) is 0 Å². The lowest BCUT2D eigenvalue weighted by molar-refractivity contribution is -0.132. The number of hydrogen-bond donors (Lipinski definition) is 1. The van der Waals surface area contributed by atoms with Gasteiger partial charge >= 0.3 is 0 Å². The van der Waals surface area contributed by atoms with E-state index in [1.807, 2.05) is 0 Å². The summed E-state index contributed by atoms with van der Waals surface area (Å²) in [6, 6.07) is 8.78. The fourth-order valence-electron chi connectivity index (χ4n) is 4.96. The number of benzene rings is 1. The minimum Gasteiger partial charge on any atom is -0.342 e. The van der Waals surface area contributed by atoms with Gasteiger partial charge in [-0.2, -0.15) is 0 Å². The van der Waals surface area contributed by atoms with E-state index in [4.69, 9.17) is 4.98 Å². The van der Waals surface area contributed by atoms with E-state index in [1.165, 1.54) is 18.4 Å². The molecule has 4 rings (SSSR count). The van der Waals surface area contributed by atoms with Crippen molar-refractivity contribution in [2.24, 2.45) is 5.92 Å². The molecule has 1 unspecified atom stereocenters. The predicted octanol–water partition coefficient (Wildman–Crippen LogP) is 4.10. The van der Waals surface area contributed by atoms with Gasteiger partial charge < -0.3 is 14.8 Å². The Morgan fingerprint density at radius 3 is 2.79 bits per heavy atom. The fourth-order valence-corrected chi connectivity index (χ4v) is 4.96. The Bertz CT molecular complexity index is 806. The second kappa shape index (κ2) is 8.64. The van der Waals surface area contributed by atoms with Gasteiger partial charge in [0.05, 0.1) is 11.0 Å². The van der Waals surface area contributed by atoms with Crippen molar-refractivity contribution in [3.8, 4) is 0 Å². The monoisotopic (exact) mass is 382 g/mol. The number of amides is 1. The highest BCUT2D eigenvalue weighted by atomic mass is 16.2. The van der Waals surface area contributed by atoms with Crippen LogP contribution in [0.5, 0.6) is 0 Å². The molecule has 1 N–H and O–H groups in total. The van der Waals surface area contributed by atoms with E-state index >= 15 is 0 Å². The first kappa shape index (κ1) is 19.4. The lowest BCUT2D eigenvalue weighted by Crippen LogP contribution is -2.40. The van der Waals surface area contributed by atoms with Crippen LogP contribution in [0.4, 0.5) is 0 Å². The molecule has 1 aromatic carbocycles. The molecule has 0 saturated carbocycles. The van der Waals surface area contributed by atoms with Gasteiger partial charge in [-0.25, -0.2) is 4.98 Å². The number of nitrogens with one attached hydrogen (secondary N) is 1. The number of likely N-dealkylation sites (tertiary alicyclic amines) is 1. The molecule has 2 aliphatic heterocycles. The highest BCUT2D eigenvalue weighted by Crippen LogP contribution is 2.32. The Kier molecular flexibility index (Phi) is 6.00. The van der Waals surface area contributed by atoms with Crippen LogP contribution in [0.1, 0.15) is 70.2 Å². The standard InChI is InChI=1S/C23H34N4O/c1-17(2)27-21-8-4-3-7-20(21)25-23(27)19-6-5-15-26(16-19)22(28)10-9-18-11-13-24-14-12-18/h3-4,7-8,17-19,24H,5-6,9-16H2,1-2H3. The van der Waals surface area contributed by atoms with Crippen molar-refractivity contribution < 1.29 is 4.79 Å². The summed E-state index contributed by atoms with van der Waals surface area (Å²) < 4.78 is 2.38. The number of piperidine rings is 2. The number of carbonyl (C=O) groups is 1. The molecular weight excluding hydrogens is 348 g/mol. The van der Waals surface area contributed by atoms with Gasteiger partial charge in [0.1, 0.15) is 5.82 Å². The number of fused-ring (bicyclic) bond motifs is 1. The molecule has 3 heterocycles. The largest absolute Gasteiger partial charge is 0.342 e. The van der Waals surface area contributed by atoms with E-state index < -0.39 is 0 Å². The molecule has 2 fully saturated rings. The minimum absolute atomic E-state index is 0.339. The third kappa shape index (κ3) is 4.09. The molecule has 1 atom stereocenters. The molecule has 5 nitrogen and oxygen atoms in total. The predicted molar refractivity (Wildman–Crippen MR) is 114 cm³/mol. The molecule has 2 saturated heterocycles. The van der Waals surface area contributed by atoms with Crippen molar-refractivity contribution >= 4 is 16.9 Å². The first-order valence-corrected chi connectivity index (χ1v) is 11.1. The van der Waals surface area contributed by atoms with Crippen LogP contribution in [-0.4, -0.2) is 46.5 Å². The highest BCUT2D eigenvalue weighted by Gasteiger charge is 2.29. The Hall–Kier alpha value is -1.88. The highest BCUT2D eigenvalue weighted by molar-refractivity contribution is 5.77. The van der Waals surface area contributed by atoms with E-state index in [0.29, 0.717) is 24.3 Å². The number of para-hydroxylation sites is 2. The Morgan fingerprint density at radius 1 is 1.21 bits per heavy atom. The third-order valence-electron chi connectivity index (χ3n) is 6.50. The van der Waals surface area contributed by atoms with Gasteiger partial charge in [0.2, 0.25) is 5.91 Å². The van der Waals surface area contributed by atoms with Gasteiger partial charge in [-0.05, 0) is 77.1 Å². The van der Waals surface area contributed by atoms with Crippen LogP contribution in [0.25, 0.3) is 11.0 Å². The van der Waals surface area contributed by atoms with E-state index in [-0.39, 0.29) is 0 Å². The molecule has 0 bridgehead atoms. The van der Waals surface area contributed by atoms with Crippen LogP contribution in [0.15, 0.2) is 24.3 Å². The van der Waals surface area contributed by atoms with Crippen molar-refractivity contribution in [2.45, 2.75) is 64.3 Å². The molecule has 2 aromatic rings. The number of aromatic nitrogens is 2. The van der Waals surface area contributed by atoms with Gasteiger partial charge in [0, 0.05) is 31.5 Å². The molecule has 0 radical (unpaired) electrons. The lowest BCUT2D eigenvalue weighted by Gasteiger charge is -2.33. The number of hydrogen-bond acceptors (Lipinski definition) is 3. The van der Waals surface area contributed by atoms with Crippen LogP contribution >= 0.6 is 0 Å². The average Bonchev–Trinajstić information content (AvgIpc) is 3.13. The van der Waals surface area contributed by atoms with Crippen molar-refractivity contribution in [3.05, 3.63) is 30.1 Å². The molecule has 0 aliphatic carbocycles. The number of rotatable bonds is 5. The maximum atomic E-state index is 12.9. The van der Waals surface area contributed by atoms with Crippen LogP contribution in [0.3, 0.4) is 0 Å². The van der Waals surface area contributed by atoms with Crippen LogP contribution < -0.4 is 5.32 Å². The molecule has 152 valence electrons. The molecule has 0 spiro atoms. The number of carbonyl (C=O) groups excluding carboxylic acids is 1. The summed E-state index contributed by atoms with van der Waals surface area (Å²) in [6.07, 6.45) is 6.38. The van der Waals surface area contributed by atoms with Crippen molar-refractivity contribution in [1.29, 1.82) is 0 Å². The quantitative estimate of drug-likeness (QED) is 0.847. The van der Waals surface area contributed by atoms with E-state index in [0.717, 1.165) is 62.7 Å². The zero-order chi connectivity index (χ0) is 19.5. The second-order valence-electron chi connectivity index (χ2n) is 8.83. The molecule has 28 heavy (non-hydrogen) atoms. The van der Waals surface area contributed by atoms with Crippen LogP contribution in [0, 0.1) is 5.92 Å². The van der Waals surface area contributed by atoms with Crippen molar-refractivity contribution in [3.63, 3.8) is 0 Å². The summed E-state index contributed by atoms with van der Waals surface area (Å²) in [5, 5.41) is 3.41. The van der Waals surface area contributed by atoms with E-state index in [1.54, 1.807) is 0 Å². The molecule has 1 aromatic heterocycles. The van der Waals surface area contributed by atoms with Gasteiger partial charge in [-0.3, -0.25) is 4.79 Å². The van der Waals surface area contributed by atoms with E-state index in [2.05, 4.69) is 52.9 Å². The third-order valence-corrected chi connectivity index (χ3v) is 6.50. The molecule has 5 heteroatoms. The summed E-state index contributed by atoms with van der Waals surface area (Å²) in [5.41, 5.74) is 2.28. The zero-order valence-electron chi connectivity index (χ0n) is 17.4. The first-order valence-electron chi connectivity index (χ1n) is 11.1. The summed E-state index contributed by atoms with van der Waals surface area (Å²) in [7, 11) is 0. The summed E-state index contributed by atoms with van der Waals surface area (Å²) in [4.78, 5) is 20.0. The number of nitrogens with zero attached hydrogens (tertiary/aromatic N) is 3. The zero-order valence-corrected chi connectivity index (χ0v) is 17.4. The lowest BCUT2D eigenvalue weighted by atomic mass is 9.92. The van der Waals surface area contributed by atoms with Gasteiger partial charge in [0.15, 0.2) is 0 Å². The normalized spacial score (nSPS) is 21.5. The van der Waals surface area contributed by atoms with Crippen molar-refractivity contribution in [1.82, 2.24) is 19.8 Å². The topological polar surface area (TPSA) is 50.2 Å².